The van der Waals surface area contributed by atoms with E-state index in [1.165, 1.54) is 19.3 Å². The molecule has 0 atom stereocenters. The monoisotopic (exact) mass is 382 g/mol. The number of piperidine rings is 1. The second-order valence-corrected chi connectivity index (χ2v) is 7.15. The number of aromatic nitrogens is 3. The lowest BCUT2D eigenvalue weighted by atomic mass is 10.1. The summed E-state index contributed by atoms with van der Waals surface area (Å²) in [5, 5.41) is 0. The summed E-state index contributed by atoms with van der Waals surface area (Å²) in [4.78, 5) is 32.2. The molecule has 2 aliphatic rings. The Morgan fingerprint density at radius 2 is 1.57 bits per heavy atom. The molecule has 0 radical (unpaired) electrons. The minimum atomic E-state index is 0.00602. The van der Waals surface area contributed by atoms with Crippen LogP contribution in [0.1, 0.15) is 29.6 Å². The first kappa shape index (κ1) is 18.5. The van der Waals surface area contributed by atoms with Gasteiger partial charge in [-0.15, -0.1) is 0 Å². The van der Waals surface area contributed by atoms with Crippen LogP contribution >= 0.6 is 0 Å². The largest absolute Gasteiger partial charge is 0.481 e. The summed E-state index contributed by atoms with van der Waals surface area (Å²) in [6, 6.07) is 5.55. The fourth-order valence-electron chi connectivity index (χ4n) is 3.75. The molecule has 0 aromatic carbocycles. The fraction of sp³-hybridized carbons (Fsp3) is 0.500. The molecule has 0 saturated carbocycles. The quantitative estimate of drug-likeness (QED) is 0.799. The Morgan fingerprint density at radius 3 is 2.18 bits per heavy atom. The van der Waals surface area contributed by atoms with E-state index in [-0.39, 0.29) is 5.91 Å². The minimum Gasteiger partial charge on any atom is -0.481 e. The normalized spacial score (nSPS) is 17.5. The predicted octanol–water partition coefficient (Wildman–Crippen LogP) is 1.83. The van der Waals surface area contributed by atoms with Crippen LogP contribution < -0.4 is 14.5 Å². The number of anilines is 2. The number of nitrogens with zero attached hydrogens (tertiary/aromatic N) is 6. The van der Waals surface area contributed by atoms with Crippen molar-refractivity contribution in [2.24, 2.45) is 0 Å². The molecule has 8 heteroatoms. The van der Waals surface area contributed by atoms with Crippen molar-refractivity contribution >= 4 is 17.5 Å². The maximum atomic E-state index is 12.7. The van der Waals surface area contributed by atoms with Gasteiger partial charge in [0.15, 0.2) is 0 Å². The lowest BCUT2D eigenvalue weighted by Crippen LogP contribution is -2.49. The van der Waals surface area contributed by atoms with E-state index in [9.17, 15) is 4.79 Å². The molecule has 1 amide bonds. The summed E-state index contributed by atoms with van der Waals surface area (Å²) in [6.45, 7) is 4.96. The Bertz CT molecular complexity index is 799. The third kappa shape index (κ3) is 4.00. The molecule has 8 nitrogen and oxygen atoms in total. The van der Waals surface area contributed by atoms with Crippen LogP contribution in [0.5, 0.6) is 5.88 Å². The van der Waals surface area contributed by atoms with Crippen molar-refractivity contribution in [3.05, 3.63) is 36.3 Å². The first-order valence-corrected chi connectivity index (χ1v) is 9.86. The van der Waals surface area contributed by atoms with E-state index in [1.807, 2.05) is 4.90 Å². The Labute approximate surface area is 165 Å². The van der Waals surface area contributed by atoms with Crippen LogP contribution in [-0.2, 0) is 0 Å². The van der Waals surface area contributed by atoms with Crippen molar-refractivity contribution in [3.63, 3.8) is 0 Å². The van der Waals surface area contributed by atoms with Crippen molar-refractivity contribution in [1.82, 2.24) is 19.9 Å². The number of ether oxygens (including phenoxy) is 1. The SMILES string of the molecule is COc1ccc(C(=O)N2CCN(c3cc(N4CCCCC4)ncn3)CC2)cn1. The molecular weight excluding hydrogens is 356 g/mol. The number of carbonyl (C=O) groups excluding carboxylic acids is 1. The number of methoxy groups -OCH3 is 1. The zero-order chi connectivity index (χ0) is 19.3. The van der Waals surface area contributed by atoms with Crippen molar-refractivity contribution in [2.45, 2.75) is 19.3 Å². The summed E-state index contributed by atoms with van der Waals surface area (Å²) in [5.41, 5.74) is 0.587. The van der Waals surface area contributed by atoms with E-state index in [1.54, 1.807) is 31.8 Å². The van der Waals surface area contributed by atoms with E-state index in [2.05, 4.69) is 30.8 Å². The van der Waals surface area contributed by atoms with Crippen LogP contribution in [0.3, 0.4) is 0 Å². The zero-order valence-electron chi connectivity index (χ0n) is 16.3. The standard InChI is InChI=1S/C20H26N6O2/c1-28-19-6-5-16(14-21-19)20(27)26-11-9-25(10-12-26)18-13-17(22-15-23-18)24-7-3-2-4-8-24/h5-6,13-15H,2-4,7-12H2,1H3. The minimum absolute atomic E-state index is 0.00602. The van der Waals surface area contributed by atoms with Gasteiger partial charge < -0.3 is 19.4 Å². The molecule has 4 heterocycles. The molecule has 4 rings (SSSR count). The van der Waals surface area contributed by atoms with Gasteiger partial charge in [-0.3, -0.25) is 4.79 Å². The van der Waals surface area contributed by atoms with Gasteiger partial charge in [0.2, 0.25) is 5.88 Å². The smallest absolute Gasteiger partial charge is 0.255 e. The zero-order valence-corrected chi connectivity index (χ0v) is 16.3. The molecule has 148 valence electrons. The highest BCUT2D eigenvalue weighted by Crippen LogP contribution is 2.22. The first-order valence-electron chi connectivity index (χ1n) is 9.86. The number of pyridine rings is 1. The summed E-state index contributed by atoms with van der Waals surface area (Å²) >= 11 is 0. The predicted molar refractivity (Wildman–Crippen MR) is 107 cm³/mol. The van der Waals surface area contributed by atoms with E-state index < -0.39 is 0 Å². The lowest BCUT2D eigenvalue weighted by Gasteiger charge is -2.36. The van der Waals surface area contributed by atoms with Gasteiger partial charge in [-0.05, 0) is 25.3 Å². The van der Waals surface area contributed by atoms with Crippen LogP contribution in [0.15, 0.2) is 30.7 Å². The number of amides is 1. The van der Waals surface area contributed by atoms with Gasteiger partial charge in [-0.1, -0.05) is 0 Å². The number of hydrogen-bond donors (Lipinski definition) is 0. The van der Waals surface area contributed by atoms with Crippen LogP contribution in [-0.4, -0.2) is 72.1 Å². The van der Waals surface area contributed by atoms with Crippen LogP contribution in [0, 0.1) is 0 Å². The Kier molecular flexibility index (Phi) is 5.55. The van der Waals surface area contributed by atoms with Gasteiger partial charge in [0.1, 0.15) is 18.0 Å². The average molecular weight is 382 g/mol. The first-order chi connectivity index (χ1) is 13.7. The van der Waals surface area contributed by atoms with Crippen molar-refractivity contribution in [2.75, 3.05) is 56.2 Å². The van der Waals surface area contributed by atoms with Crippen molar-refractivity contribution in [3.8, 4) is 5.88 Å². The van der Waals surface area contributed by atoms with Gasteiger partial charge in [-0.25, -0.2) is 15.0 Å². The molecule has 2 fully saturated rings. The average Bonchev–Trinajstić information content (AvgIpc) is 2.79. The summed E-state index contributed by atoms with van der Waals surface area (Å²) in [5.74, 6) is 2.46. The molecule has 28 heavy (non-hydrogen) atoms. The van der Waals surface area contributed by atoms with Crippen LogP contribution in [0.25, 0.3) is 0 Å². The molecule has 2 saturated heterocycles. The van der Waals surface area contributed by atoms with Crippen molar-refractivity contribution < 1.29 is 9.53 Å². The highest BCUT2D eigenvalue weighted by atomic mass is 16.5. The molecule has 2 aliphatic heterocycles. The fourth-order valence-corrected chi connectivity index (χ4v) is 3.75. The summed E-state index contributed by atoms with van der Waals surface area (Å²) in [6.07, 6.45) is 6.97. The third-order valence-corrected chi connectivity index (χ3v) is 5.40. The highest BCUT2D eigenvalue weighted by Gasteiger charge is 2.24. The Hall–Kier alpha value is -2.90. The molecule has 2 aromatic rings. The molecule has 0 aliphatic carbocycles. The number of hydrogen-bond acceptors (Lipinski definition) is 7. The second-order valence-electron chi connectivity index (χ2n) is 7.15. The van der Waals surface area contributed by atoms with Gasteiger partial charge in [0.25, 0.3) is 5.91 Å². The topological polar surface area (TPSA) is 74.7 Å². The molecule has 0 spiro atoms. The maximum Gasteiger partial charge on any atom is 0.255 e. The lowest BCUT2D eigenvalue weighted by molar-refractivity contribution is 0.0746. The molecule has 0 bridgehead atoms. The number of rotatable bonds is 4. The molecule has 2 aromatic heterocycles. The third-order valence-electron chi connectivity index (χ3n) is 5.40. The van der Waals surface area contributed by atoms with Crippen molar-refractivity contribution in [1.29, 1.82) is 0 Å². The van der Waals surface area contributed by atoms with E-state index in [0.717, 1.165) is 37.8 Å². The van der Waals surface area contributed by atoms with Gasteiger partial charge in [0.05, 0.1) is 12.7 Å². The van der Waals surface area contributed by atoms with Crippen LogP contribution in [0.2, 0.25) is 0 Å². The molecule has 0 unspecified atom stereocenters. The van der Waals surface area contributed by atoms with Gasteiger partial charge >= 0.3 is 0 Å². The molecule has 0 N–H and O–H groups in total. The number of piperazine rings is 1. The Balaban J connectivity index is 1.37. The maximum absolute atomic E-state index is 12.7. The second kappa shape index (κ2) is 8.41. The van der Waals surface area contributed by atoms with E-state index in [0.29, 0.717) is 24.5 Å². The van der Waals surface area contributed by atoms with Crippen LogP contribution in [0.4, 0.5) is 11.6 Å². The van der Waals surface area contributed by atoms with E-state index in [4.69, 9.17) is 4.74 Å². The van der Waals surface area contributed by atoms with Gasteiger partial charge in [0, 0.05) is 57.6 Å². The van der Waals surface area contributed by atoms with Gasteiger partial charge in [-0.2, -0.15) is 0 Å². The highest BCUT2D eigenvalue weighted by molar-refractivity contribution is 5.94. The number of carbonyl (C=O) groups is 1. The Morgan fingerprint density at radius 1 is 0.893 bits per heavy atom. The molecular formula is C20H26N6O2. The summed E-state index contributed by atoms with van der Waals surface area (Å²) in [7, 11) is 1.56. The summed E-state index contributed by atoms with van der Waals surface area (Å²) < 4.78 is 5.05. The van der Waals surface area contributed by atoms with E-state index >= 15 is 0 Å².